The molecule has 0 saturated carbocycles. The number of hydrogen-bond donors (Lipinski definition) is 0. The van der Waals surface area contributed by atoms with Crippen molar-refractivity contribution < 1.29 is 9.21 Å². The standard InChI is InChI=1S/C9H8O2/c1-2-3-5-8(10)9-6-4-7-11-9/h4,6-7H,5H2,1H3. The maximum Gasteiger partial charge on any atom is 0.209 e. The zero-order valence-electron chi connectivity index (χ0n) is 6.26. The van der Waals surface area contributed by atoms with Gasteiger partial charge in [-0.3, -0.25) is 4.79 Å². The Morgan fingerprint density at radius 2 is 2.55 bits per heavy atom. The fourth-order valence-electron chi connectivity index (χ4n) is 0.693. The minimum absolute atomic E-state index is 0.0654. The highest BCUT2D eigenvalue weighted by Gasteiger charge is 2.04. The number of hydrogen-bond acceptors (Lipinski definition) is 2. The quantitative estimate of drug-likeness (QED) is 0.473. The molecule has 0 aliphatic carbocycles. The monoisotopic (exact) mass is 148 g/mol. The van der Waals surface area contributed by atoms with Gasteiger partial charge in [0.1, 0.15) is 0 Å². The summed E-state index contributed by atoms with van der Waals surface area (Å²) in [6.07, 6.45) is 1.72. The number of carbonyl (C=O) groups excluding carboxylic acids is 1. The molecule has 0 saturated heterocycles. The number of Topliss-reactive ketones (excluding diaryl/α,β-unsaturated/α-hetero) is 1. The molecule has 0 aromatic carbocycles. The molecule has 1 rings (SSSR count). The number of ketones is 1. The van der Waals surface area contributed by atoms with Gasteiger partial charge in [0.15, 0.2) is 5.76 Å². The molecule has 0 unspecified atom stereocenters. The van der Waals surface area contributed by atoms with Gasteiger partial charge in [-0.1, -0.05) is 5.92 Å². The molecule has 0 aliphatic heterocycles. The van der Waals surface area contributed by atoms with Crippen molar-refractivity contribution in [3.8, 4) is 11.8 Å². The van der Waals surface area contributed by atoms with Crippen molar-refractivity contribution in [3.63, 3.8) is 0 Å². The summed E-state index contributed by atoms with van der Waals surface area (Å²) in [6.45, 7) is 1.70. The van der Waals surface area contributed by atoms with Crippen molar-refractivity contribution in [3.05, 3.63) is 24.2 Å². The molecule has 2 nitrogen and oxygen atoms in total. The van der Waals surface area contributed by atoms with E-state index in [1.54, 1.807) is 19.1 Å². The molecule has 11 heavy (non-hydrogen) atoms. The normalized spacial score (nSPS) is 8.45. The maximum absolute atomic E-state index is 11.1. The van der Waals surface area contributed by atoms with Crippen molar-refractivity contribution in [2.75, 3.05) is 0 Å². The summed E-state index contributed by atoms with van der Waals surface area (Å²) < 4.78 is 4.88. The minimum Gasteiger partial charge on any atom is -0.461 e. The van der Waals surface area contributed by atoms with Crippen molar-refractivity contribution in [2.24, 2.45) is 0 Å². The van der Waals surface area contributed by atoms with Gasteiger partial charge in [-0.2, -0.15) is 0 Å². The molecule has 0 aliphatic rings. The van der Waals surface area contributed by atoms with Gasteiger partial charge < -0.3 is 4.42 Å². The van der Waals surface area contributed by atoms with E-state index in [0.29, 0.717) is 5.76 Å². The van der Waals surface area contributed by atoms with Crippen LogP contribution in [0.4, 0.5) is 0 Å². The van der Waals surface area contributed by atoms with Crippen LogP contribution in [0.5, 0.6) is 0 Å². The van der Waals surface area contributed by atoms with Crippen LogP contribution >= 0.6 is 0 Å². The highest BCUT2D eigenvalue weighted by molar-refractivity contribution is 5.94. The molecule has 1 aromatic heterocycles. The smallest absolute Gasteiger partial charge is 0.209 e. The first kappa shape index (κ1) is 7.62. The molecule has 1 aromatic rings. The van der Waals surface area contributed by atoms with Gasteiger partial charge in [-0.05, 0) is 19.1 Å². The van der Waals surface area contributed by atoms with E-state index in [2.05, 4.69) is 11.8 Å². The van der Waals surface area contributed by atoms with Gasteiger partial charge in [0.25, 0.3) is 0 Å². The average Bonchev–Trinajstić information content (AvgIpc) is 2.52. The minimum atomic E-state index is -0.0654. The van der Waals surface area contributed by atoms with E-state index >= 15 is 0 Å². The topological polar surface area (TPSA) is 30.2 Å². The summed E-state index contributed by atoms with van der Waals surface area (Å²) in [4.78, 5) is 11.1. The zero-order valence-corrected chi connectivity index (χ0v) is 6.26. The Kier molecular flexibility index (Phi) is 2.51. The second kappa shape index (κ2) is 3.62. The van der Waals surface area contributed by atoms with Crippen LogP contribution in [-0.4, -0.2) is 5.78 Å². The van der Waals surface area contributed by atoms with E-state index < -0.39 is 0 Å². The van der Waals surface area contributed by atoms with Crippen molar-refractivity contribution in [2.45, 2.75) is 13.3 Å². The van der Waals surface area contributed by atoms with Crippen LogP contribution in [0.1, 0.15) is 23.9 Å². The largest absolute Gasteiger partial charge is 0.461 e. The molecule has 56 valence electrons. The molecule has 0 amide bonds. The van der Waals surface area contributed by atoms with Crippen LogP contribution in [0.25, 0.3) is 0 Å². The van der Waals surface area contributed by atoms with Crippen LogP contribution in [0.2, 0.25) is 0 Å². The van der Waals surface area contributed by atoms with E-state index in [0.717, 1.165) is 0 Å². The lowest BCUT2D eigenvalue weighted by Crippen LogP contribution is -1.93. The molecule has 0 fully saturated rings. The highest BCUT2D eigenvalue weighted by Crippen LogP contribution is 2.02. The summed E-state index contributed by atoms with van der Waals surface area (Å²) in [5.41, 5.74) is 0. The molecular formula is C9H8O2. The van der Waals surface area contributed by atoms with Crippen LogP contribution < -0.4 is 0 Å². The number of rotatable bonds is 2. The van der Waals surface area contributed by atoms with Crippen molar-refractivity contribution in [1.29, 1.82) is 0 Å². The van der Waals surface area contributed by atoms with E-state index in [4.69, 9.17) is 4.42 Å². The first-order chi connectivity index (χ1) is 5.34. The first-order valence-corrected chi connectivity index (χ1v) is 3.31. The molecule has 0 bridgehead atoms. The van der Waals surface area contributed by atoms with E-state index in [9.17, 15) is 4.79 Å². The average molecular weight is 148 g/mol. The van der Waals surface area contributed by atoms with Gasteiger partial charge in [-0.15, -0.1) is 5.92 Å². The third-order valence-corrected chi connectivity index (χ3v) is 1.22. The number of furan rings is 1. The Morgan fingerprint density at radius 3 is 3.09 bits per heavy atom. The molecule has 0 spiro atoms. The Labute approximate surface area is 65.2 Å². The summed E-state index contributed by atoms with van der Waals surface area (Å²) in [6, 6.07) is 3.33. The number of carbonyl (C=O) groups is 1. The predicted molar refractivity (Wildman–Crippen MR) is 41.1 cm³/mol. The summed E-state index contributed by atoms with van der Waals surface area (Å²) in [7, 11) is 0. The van der Waals surface area contributed by atoms with Gasteiger partial charge >= 0.3 is 0 Å². The second-order valence-corrected chi connectivity index (χ2v) is 2.00. The molecule has 0 radical (unpaired) electrons. The third kappa shape index (κ3) is 1.98. The molecular weight excluding hydrogens is 140 g/mol. The Bertz CT molecular complexity index is 285. The van der Waals surface area contributed by atoms with E-state index in [-0.39, 0.29) is 12.2 Å². The third-order valence-electron chi connectivity index (χ3n) is 1.22. The Morgan fingerprint density at radius 1 is 1.73 bits per heavy atom. The predicted octanol–water partition coefficient (Wildman–Crippen LogP) is 1.88. The molecule has 2 heteroatoms. The first-order valence-electron chi connectivity index (χ1n) is 3.31. The van der Waals surface area contributed by atoms with Gasteiger partial charge in [0.2, 0.25) is 5.78 Å². The molecule has 0 atom stereocenters. The lowest BCUT2D eigenvalue weighted by atomic mass is 10.2. The van der Waals surface area contributed by atoms with Crippen LogP contribution in [0, 0.1) is 11.8 Å². The SMILES string of the molecule is CC#CCC(=O)c1ccco1. The second-order valence-electron chi connectivity index (χ2n) is 2.00. The summed E-state index contributed by atoms with van der Waals surface area (Å²) in [5.74, 6) is 5.64. The van der Waals surface area contributed by atoms with E-state index in [1.807, 2.05) is 0 Å². The Hall–Kier alpha value is -1.49. The van der Waals surface area contributed by atoms with Crippen molar-refractivity contribution >= 4 is 5.78 Å². The summed E-state index contributed by atoms with van der Waals surface area (Å²) >= 11 is 0. The van der Waals surface area contributed by atoms with Crippen LogP contribution in [0.15, 0.2) is 22.8 Å². The zero-order chi connectivity index (χ0) is 8.10. The lowest BCUT2D eigenvalue weighted by Gasteiger charge is -1.86. The fraction of sp³-hybridized carbons (Fsp3) is 0.222. The fourth-order valence-corrected chi connectivity index (χ4v) is 0.693. The van der Waals surface area contributed by atoms with Gasteiger partial charge in [0, 0.05) is 0 Å². The van der Waals surface area contributed by atoms with Crippen molar-refractivity contribution in [1.82, 2.24) is 0 Å². The summed E-state index contributed by atoms with van der Waals surface area (Å²) in [5, 5.41) is 0. The molecule has 0 N–H and O–H groups in total. The van der Waals surface area contributed by atoms with Crippen LogP contribution in [-0.2, 0) is 0 Å². The maximum atomic E-state index is 11.1. The molecule has 1 heterocycles. The van der Waals surface area contributed by atoms with Gasteiger partial charge in [-0.25, -0.2) is 0 Å². The van der Waals surface area contributed by atoms with E-state index in [1.165, 1.54) is 6.26 Å². The van der Waals surface area contributed by atoms with Gasteiger partial charge in [0.05, 0.1) is 12.7 Å². The lowest BCUT2D eigenvalue weighted by molar-refractivity contribution is 0.0972. The highest BCUT2D eigenvalue weighted by atomic mass is 16.3. The Balaban J connectivity index is 2.61. The van der Waals surface area contributed by atoms with Crippen LogP contribution in [0.3, 0.4) is 0 Å².